The van der Waals surface area contributed by atoms with Crippen LogP contribution in [-0.2, 0) is 14.3 Å². The first-order chi connectivity index (χ1) is 12.4. The van der Waals surface area contributed by atoms with Gasteiger partial charge in [-0.1, -0.05) is 6.08 Å². The summed E-state index contributed by atoms with van der Waals surface area (Å²) in [5.74, 6) is -2.64. The number of esters is 1. The molecule has 0 saturated heterocycles. The van der Waals surface area contributed by atoms with Gasteiger partial charge in [-0.05, 0) is 37.3 Å². The third kappa shape index (κ3) is 4.85. The molecule has 0 fully saturated rings. The van der Waals surface area contributed by atoms with Crippen molar-refractivity contribution < 1.29 is 23.6 Å². The molecule has 0 radical (unpaired) electrons. The quantitative estimate of drug-likeness (QED) is 0.347. The standard InChI is InChI=1S/C18H17FN2O5/c1-2-26-18(23)12(11-20-14-8-6-13(19)7-9-14)10-15-16(21(24)25)4-3-5-17(15)22/h3-9,11,15,20H,2,10H2,1H3/b12-11+. The Bertz CT molecular complexity index is 796. The normalized spacial score (nSPS) is 16.8. The summed E-state index contributed by atoms with van der Waals surface area (Å²) in [6.45, 7) is 1.74. The van der Waals surface area contributed by atoms with Crippen molar-refractivity contribution in [3.8, 4) is 0 Å². The van der Waals surface area contributed by atoms with E-state index in [-0.39, 0.29) is 24.3 Å². The van der Waals surface area contributed by atoms with Crippen molar-refractivity contribution in [2.24, 2.45) is 5.92 Å². The highest BCUT2D eigenvalue weighted by Gasteiger charge is 2.34. The van der Waals surface area contributed by atoms with Gasteiger partial charge in [-0.25, -0.2) is 9.18 Å². The van der Waals surface area contributed by atoms with Crippen LogP contribution in [0, 0.1) is 21.8 Å². The predicted octanol–water partition coefficient (Wildman–Crippen LogP) is 2.99. The van der Waals surface area contributed by atoms with Gasteiger partial charge >= 0.3 is 5.97 Å². The summed E-state index contributed by atoms with van der Waals surface area (Å²) in [7, 11) is 0. The Morgan fingerprint density at radius 2 is 2.08 bits per heavy atom. The number of benzene rings is 1. The second kappa shape index (κ2) is 8.70. The van der Waals surface area contributed by atoms with Gasteiger partial charge in [0.25, 0.3) is 5.70 Å². The maximum Gasteiger partial charge on any atom is 0.335 e. The second-order valence-corrected chi connectivity index (χ2v) is 5.41. The Kier molecular flexibility index (Phi) is 6.37. The second-order valence-electron chi connectivity index (χ2n) is 5.41. The number of allylic oxidation sites excluding steroid dienone is 4. The summed E-state index contributed by atoms with van der Waals surface area (Å²) in [5, 5.41) is 14.0. The fraction of sp³-hybridized carbons (Fsp3) is 0.222. The lowest BCUT2D eigenvalue weighted by Gasteiger charge is -2.15. The molecule has 0 saturated carbocycles. The van der Waals surface area contributed by atoms with Crippen molar-refractivity contribution in [3.05, 3.63) is 75.9 Å². The van der Waals surface area contributed by atoms with E-state index < -0.39 is 28.4 Å². The van der Waals surface area contributed by atoms with Gasteiger partial charge < -0.3 is 10.1 Å². The van der Waals surface area contributed by atoms with E-state index in [0.717, 1.165) is 0 Å². The van der Waals surface area contributed by atoms with Crippen LogP contribution in [0.15, 0.2) is 60.0 Å². The summed E-state index contributed by atoms with van der Waals surface area (Å²) >= 11 is 0. The number of nitrogens with zero attached hydrogens (tertiary/aromatic N) is 1. The van der Waals surface area contributed by atoms with Gasteiger partial charge in [-0.2, -0.15) is 0 Å². The van der Waals surface area contributed by atoms with Gasteiger partial charge in [0.05, 0.1) is 17.1 Å². The highest BCUT2D eigenvalue weighted by atomic mass is 19.1. The zero-order chi connectivity index (χ0) is 19.1. The van der Waals surface area contributed by atoms with Crippen LogP contribution in [-0.4, -0.2) is 23.3 Å². The van der Waals surface area contributed by atoms with Crippen LogP contribution in [0.4, 0.5) is 10.1 Å². The molecular weight excluding hydrogens is 343 g/mol. The van der Waals surface area contributed by atoms with Gasteiger partial charge in [0.2, 0.25) is 0 Å². The van der Waals surface area contributed by atoms with Crippen molar-refractivity contribution in [1.29, 1.82) is 0 Å². The van der Waals surface area contributed by atoms with E-state index in [1.54, 1.807) is 6.92 Å². The smallest absolute Gasteiger partial charge is 0.335 e. The van der Waals surface area contributed by atoms with Crippen LogP contribution in [0.5, 0.6) is 0 Å². The number of carbonyl (C=O) groups excluding carboxylic acids is 2. The molecule has 26 heavy (non-hydrogen) atoms. The van der Waals surface area contributed by atoms with Gasteiger partial charge in [-0.15, -0.1) is 0 Å². The minimum Gasteiger partial charge on any atom is -0.463 e. The third-order valence-corrected chi connectivity index (χ3v) is 3.66. The van der Waals surface area contributed by atoms with Gasteiger partial charge in [0, 0.05) is 24.4 Å². The number of ketones is 1. The number of nitro groups is 1. The number of nitrogens with one attached hydrogen (secondary N) is 1. The molecule has 7 nitrogen and oxygen atoms in total. The molecule has 8 heteroatoms. The maximum absolute atomic E-state index is 13.0. The van der Waals surface area contributed by atoms with E-state index >= 15 is 0 Å². The fourth-order valence-corrected chi connectivity index (χ4v) is 2.37. The number of halogens is 1. The summed E-state index contributed by atoms with van der Waals surface area (Å²) in [6.07, 6.45) is 4.90. The summed E-state index contributed by atoms with van der Waals surface area (Å²) < 4.78 is 17.9. The fourth-order valence-electron chi connectivity index (χ4n) is 2.37. The molecule has 0 amide bonds. The van der Waals surface area contributed by atoms with E-state index in [9.17, 15) is 24.1 Å². The van der Waals surface area contributed by atoms with Crippen molar-refractivity contribution in [1.82, 2.24) is 0 Å². The molecule has 1 N–H and O–H groups in total. The number of hydrogen-bond donors (Lipinski definition) is 1. The molecule has 1 aliphatic rings. The van der Waals surface area contributed by atoms with Crippen LogP contribution in [0.1, 0.15) is 13.3 Å². The molecule has 1 aromatic carbocycles. The number of anilines is 1. The Balaban J connectivity index is 2.25. The van der Waals surface area contributed by atoms with Crippen molar-refractivity contribution >= 4 is 17.4 Å². The summed E-state index contributed by atoms with van der Waals surface area (Å²) in [5.41, 5.74) is 0.292. The van der Waals surface area contributed by atoms with Crippen molar-refractivity contribution in [2.45, 2.75) is 13.3 Å². The molecule has 1 aromatic rings. The number of carbonyl (C=O) groups is 2. The van der Waals surface area contributed by atoms with E-state index in [1.807, 2.05) is 0 Å². The number of rotatable bonds is 7. The van der Waals surface area contributed by atoms with E-state index in [1.165, 1.54) is 48.7 Å². The Labute approximate surface area is 149 Å². The Morgan fingerprint density at radius 3 is 2.69 bits per heavy atom. The minimum atomic E-state index is -1.08. The van der Waals surface area contributed by atoms with Crippen molar-refractivity contribution in [3.63, 3.8) is 0 Å². The van der Waals surface area contributed by atoms with E-state index in [4.69, 9.17) is 4.74 Å². The first-order valence-electron chi connectivity index (χ1n) is 7.87. The SMILES string of the molecule is CCOC(=O)/C(=C/Nc1ccc(F)cc1)CC1C(=O)C=CC=C1[N+](=O)[O-]. The van der Waals surface area contributed by atoms with Gasteiger partial charge in [-0.3, -0.25) is 14.9 Å². The highest BCUT2D eigenvalue weighted by molar-refractivity contribution is 5.97. The van der Waals surface area contributed by atoms with E-state index in [0.29, 0.717) is 5.69 Å². The lowest BCUT2D eigenvalue weighted by Crippen LogP contribution is -2.25. The lowest BCUT2D eigenvalue weighted by molar-refractivity contribution is -0.432. The molecule has 0 aliphatic heterocycles. The Morgan fingerprint density at radius 1 is 1.38 bits per heavy atom. The van der Waals surface area contributed by atoms with Gasteiger partial charge in [0.1, 0.15) is 11.7 Å². The molecule has 0 bridgehead atoms. The molecule has 1 aliphatic carbocycles. The molecule has 0 heterocycles. The van der Waals surface area contributed by atoms with Gasteiger partial charge in [0.15, 0.2) is 5.78 Å². The topological polar surface area (TPSA) is 98.5 Å². The summed E-state index contributed by atoms with van der Waals surface area (Å²) in [4.78, 5) is 34.8. The van der Waals surface area contributed by atoms with Crippen LogP contribution in [0.3, 0.4) is 0 Å². The third-order valence-electron chi connectivity index (χ3n) is 3.66. The van der Waals surface area contributed by atoms with E-state index in [2.05, 4.69) is 5.32 Å². The molecule has 1 unspecified atom stereocenters. The number of hydrogen-bond acceptors (Lipinski definition) is 6. The van der Waals surface area contributed by atoms with Crippen LogP contribution < -0.4 is 5.32 Å². The highest BCUT2D eigenvalue weighted by Crippen LogP contribution is 2.26. The molecule has 0 spiro atoms. The molecule has 0 aromatic heterocycles. The predicted molar refractivity (Wildman–Crippen MR) is 92.1 cm³/mol. The van der Waals surface area contributed by atoms with Crippen molar-refractivity contribution in [2.75, 3.05) is 11.9 Å². The first-order valence-corrected chi connectivity index (χ1v) is 7.87. The minimum absolute atomic E-state index is 0.0672. The zero-order valence-electron chi connectivity index (χ0n) is 14.0. The summed E-state index contributed by atoms with van der Waals surface area (Å²) in [6, 6.07) is 5.41. The van der Waals surface area contributed by atoms with Crippen LogP contribution in [0.25, 0.3) is 0 Å². The molecular formula is C18H17FN2O5. The molecule has 2 rings (SSSR count). The average Bonchev–Trinajstić information content (AvgIpc) is 2.61. The molecule has 136 valence electrons. The maximum atomic E-state index is 13.0. The Hall–Kier alpha value is -3.29. The first kappa shape index (κ1) is 19.0. The van der Waals surface area contributed by atoms with Crippen LogP contribution >= 0.6 is 0 Å². The lowest BCUT2D eigenvalue weighted by atomic mass is 9.89. The molecule has 1 atom stereocenters. The number of ether oxygens (including phenoxy) is 1. The zero-order valence-corrected chi connectivity index (χ0v) is 14.0. The largest absolute Gasteiger partial charge is 0.463 e. The average molecular weight is 360 g/mol. The van der Waals surface area contributed by atoms with Crippen LogP contribution in [0.2, 0.25) is 0 Å². The monoisotopic (exact) mass is 360 g/mol.